The standard InChI is InChI=1S/C16H17BrF2N2/c1-3-8-20-16(13-7-5-11(17)9-21-13)12-6-4-10(2)14(18)15(12)19/h4-7,9,16,20H,3,8H2,1-2H3. The van der Waals surface area contributed by atoms with Crippen molar-refractivity contribution in [1.82, 2.24) is 10.3 Å². The van der Waals surface area contributed by atoms with Gasteiger partial charge in [-0.3, -0.25) is 4.98 Å². The molecule has 0 aliphatic heterocycles. The molecule has 1 aromatic carbocycles. The maximum atomic E-state index is 14.3. The molecular formula is C16H17BrF2N2. The summed E-state index contributed by atoms with van der Waals surface area (Å²) < 4.78 is 28.9. The van der Waals surface area contributed by atoms with E-state index in [4.69, 9.17) is 0 Å². The fourth-order valence-electron chi connectivity index (χ4n) is 2.10. The summed E-state index contributed by atoms with van der Waals surface area (Å²) in [6, 6.07) is 6.38. The quantitative estimate of drug-likeness (QED) is 0.853. The molecule has 1 N–H and O–H groups in total. The first-order chi connectivity index (χ1) is 10.0. The fraction of sp³-hybridized carbons (Fsp3) is 0.312. The average molecular weight is 355 g/mol. The highest BCUT2D eigenvalue weighted by Gasteiger charge is 2.21. The van der Waals surface area contributed by atoms with Crippen molar-refractivity contribution in [3.8, 4) is 0 Å². The Morgan fingerprint density at radius 3 is 2.57 bits per heavy atom. The Labute approximate surface area is 131 Å². The van der Waals surface area contributed by atoms with E-state index in [0.717, 1.165) is 10.9 Å². The predicted octanol–water partition coefficient (Wildman–Crippen LogP) is 4.52. The lowest BCUT2D eigenvalue weighted by atomic mass is 10.00. The summed E-state index contributed by atoms with van der Waals surface area (Å²) in [5.41, 5.74) is 1.24. The second-order valence-electron chi connectivity index (χ2n) is 4.89. The SMILES string of the molecule is CCCNC(c1ccc(Br)cn1)c1ccc(C)c(F)c1F. The number of nitrogens with zero attached hydrogens (tertiary/aromatic N) is 1. The molecule has 2 aromatic rings. The highest BCUT2D eigenvalue weighted by molar-refractivity contribution is 9.10. The first kappa shape index (κ1) is 16.0. The van der Waals surface area contributed by atoms with Crippen LogP contribution in [-0.4, -0.2) is 11.5 Å². The van der Waals surface area contributed by atoms with Gasteiger partial charge in [-0.2, -0.15) is 0 Å². The minimum absolute atomic E-state index is 0.279. The number of halogens is 3. The third-order valence-electron chi connectivity index (χ3n) is 3.26. The van der Waals surface area contributed by atoms with E-state index >= 15 is 0 Å². The van der Waals surface area contributed by atoms with Gasteiger partial charge in [0.15, 0.2) is 11.6 Å². The van der Waals surface area contributed by atoms with E-state index in [1.54, 1.807) is 31.3 Å². The Balaban J connectivity index is 2.45. The van der Waals surface area contributed by atoms with Crippen molar-refractivity contribution in [2.75, 3.05) is 6.54 Å². The zero-order valence-corrected chi connectivity index (χ0v) is 13.5. The van der Waals surface area contributed by atoms with E-state index in [0.29, 0.717) is 17.8 Å². The van der Waals surface area contributed by atoms with Crippen molar-refractivity contribution in [3.05, 3.63) is 63.4 Å². The third kappa shape index (κ3) is 3.66. The molecule has 0 saturated carbocycles. The Hall–Kier alpha value is -1.33. The van der Waals surface area contributed by atoms with Gasteiger partial charge in [0.2, 0.25) is 0 Å². The first-order valence-electron chi connectivity index (χ1n) is 6.84. The van der Waals surface area contributed by atoms with Gasteiger partial charge in [0.1, 0.15) is 0 Å². The molecule has 0 amide bonds. The van der Waals surface area contributed by atoms with Crippen LogP contribution in [-0.2, 0) is 0 Å². The summed E-state index contributed by atoms with van der Waals surface area (Å²) in [5, 5.41) is 3.22. The van der Waals surface area contributed by atoms with Gasteiger partial charge >= 0.3 is 0 Å². The molecule has 0 bridgehead atoms. The normalized spacial score (nSPS) is 12.4. The van der Waals surface area contributed by atoms with Crippen molar-refractivity contribution in [2.45, 2.75) is 26.3 Å². The molecule has 0 saturated heterocycles. The fourth-order valence-corrected chi connectivity index (χ4v) is 2.34. The van der Waals surface area contributed by atoms with Crippen LogP contribution < -0.4 is 5.32 Å². The summed E-state index contributed by atoms with van der Waals surface area (Å²) in [5.74, 6) is -1.61. The molecule has 1 unspecified atom stereocenters. The summed E-state index contributed by atoms with van der Waals surface area (Å²) in [4.78, 5) is 4.30. The van der Waals surface area contributed by atoms with E-state index in [9.17, 15) is 8.78 Å². The molecule has 5 heteroatoms. The second-order valence-corrected chi connectivity index (χ2v) is 5.80. The molecule has 2 rings (SSSR count). The van der Waals surface area contributed by atoms with Gasteiger partial charge in [0.05, 0.1) is 11.7 Å². The van der Waals surface area contributed by atoms with Gasteiger partial charge in [-0.15, -0.1) is 0 Å². The molecule has 1 atom stereocenters. The monoisotopic (exact) mass is 354 g/mol. The number of hydrogen-bond donors (Lipinski definition) is 1. The van der Waals surface area contributed by atoms with E-state index < -0.39 is 17.7 Å². The van der Waals surface area contributed by atoms with Crippen molar-refractivity contribution in [1.29, 1.82) is 0 Å². The molecule has 0 aliphatic carbocycles. The van der Waals surface area contributed by atoms with Gasteiger partial charge in [0.25, 0.3) is 0 Å². The van der Waals surface area contributed by atoms with Crippen LogP contribution in [0.15, 0.2) is 34.9 Å². The van der Waals surface area contributed by atoms with Crippen molar-refractivity contribution in [3.63, 3.8) is 0 Å². The van der Waals surface area contributed by atoms with Gasteiger partial charge in [-0.25, -0.2) is 8.78 Å². The molecule has 0 aliphatic rings. The largest absolute Gasteiger partial charge is 0.305 e. The van der Waals surface area contributed by atoms with Gasteiger partial charge < -0.3 is 5.32 Å². The van der Waals surface area contributed by atoms with Crippen LogP contribution in [0.25, 0.3) is 0 Å². The van der Waals surface area contributed by atoms with Crippen molar-refractivity contribution < 1.29 is 8.78 Å². The molecule has 0 fully saturated rings. The number of aromatic nitrogens is 1. The zero-order chi connectivity index (χ0) is 15.4. The number of rotatable bonds is 5. The first-order valence-corrected chi connectivity index (χ1v) is 7.63. The van der Waals surface area contributed by atoms with Gasteiger partial charge in [-0.05, 0) is 53.5 Å². The number of aryl methyl sites for hydroxylation is 1. The maximum Gasteiger partial charge on any atom is 0.164 e. The zero-order valence-electron chi connectivity index (χ0n) is 12.0. The minimum Gasteiger partial charge on any atom is -0.305 e. The lowest BCUT2D eigenvalue weighted by Gasteiger charge is -2.20. The lowest BCUT2D eigenvalue weighted by molar-refractivity contribution is 0.474. The Kier molecular flexibility index (Phi) is 5.42. The second kappa shape index (κ2) is 7.09. The highest BCUT2D eigenvalue weighted by atomic mass is 79.9. The number of hydrogen-bond acceptors (Lipinski definition) is 2. The summed E-state index contributed by atoms with van der Waals surface area (Å²) >= 11 is 3.32. The molecule has 21 heavy (non-hydrogen) atoms. The minimum atomic E-state index is -0.812. The number of benzene rings is 1. The van der Waals surface area contributed by atoms with Crippen LogP contribution in [0, 0.1) is 18.6 Å². The van der Waals surface area contributed by atoms with Crippen LogP contribution >= 0.6 is 15.9 Å². The third-order valence-corrected chi connectivity index (χ3v) is 3.73. The topological polar surface area (TPSA) is 24.9 Å². The number of pyridine rings is 1. The Morgan fingerprint density at radius 2 is 1.95 bits per heavy atom. The predicted molar refractivity (Wildman–Crippen MR) is 83.2 cm³/mol. The van der Waals surface area contributed by atoms with E-state index in [-0.39, 0.29) is 5.56 Å². The van der Waals surface area contributed by atoms with Crippen LogP contribution in [0.3, 0.4) is 0 Å². The van der Waals surface area contributed by atoms with Crippen molar-refractivity contribution >= 4 is 15.9 Å². The molecule has 1 heterocycles. The molecule has 2 nitrogen and oxygen atoms in total. The van der Waals surface area contributed by atoms with E-state index in [2.05, 4.69) is 26.2 Å². The van der Waals surface area contributed by atoms with E-state index in [1.807, 2.05) is 13.0 Å². The molecule has 1 aromatic heterocycles. The number of nitrogens with one attached hydrogen (secondary N) is 1. The highest BCUT2D eigenvalue weighted by Crippen LogP contribution is 2.26. The molecule has 0 spiro atoms. The average Bonchev–Trinajstić information content (AvgIpc) is 2.48. The van der Waals surface area contributed by atoms with E-state index in [1.165, 1.54) is 0 Å². The van der Waals surface area contributed by atoms with Crippen LogP contribution in [0.1, 0.15) is 36.2 Å². The van der Waals surface area contributed by atoms with Crippen LogP contribution in [0.5, 0.6) is 0 Å². The van der Waals surface area contributed by atoms with Crippen molar-refractivity contribution in [2.24, 2.45) is 0 Å². The molecular weight excluding hydrogens is 338 g/mol. The van der Waals surface area contributed by atoms with Crippen LogP contribution in [0.4, 0.5) is 8.78 Å². The van der Waals surface area contributed by atoms with Gasteiger partial charge in [-0.1, -0.05) is 19.1 Å². The smallest absolute Gasteiger partial charge is 0.164 e. The van der Waals surface area contributed by atoms with Crippen LogP contribution in [0.2, 0.25) is 0 Å². The maximum absolute atomic E-state index is 14.3. The molecule has 0 radical (unpaired) electrons. The summed E-state index contributed by atoms with van der Waals surface area (Å²) in [6.07, 6.45) is 2.54. The molecule has 112 valence electrons. The van der Waals surface area contributed by atoms with Gasteiger partial charge in [0, 0.05) is 16.2 Å². The summed E-state index contributed by atoms with van der Waals surface area (Å²) in [6.45, 7) is 4.26. The Bertz CT molecular complexity index is 614. The summed E-state index contributed by atoms with van der Waals surface area (Å²) in [7, 11) is 0. The Morgan fingerprint density at radius 1 is 1.19 bits per heavy atom. The lowest BCUT2D eigenvalue weighted by Crippen LogP contribution is -2.25.